The molecule has 0 radical (unpaired) electrons. The van der Waals surface area contributed by atoms with Gasteiger partial charge in [0.2, 0.25) is 0 Å². The number of aryl methyl sites for hydroxylation is 1. The van der Waals surface area contributed by atoms with E-state index in [2.05, 4.69) is 10.2 Å². The zero-order valence-corrected chi connectivity index (χ0v) is 20.1. The molecule has 2 aromatic rings. The van der Waals surface area contributed by atoms with Gasteiger partial charge in [0.05, 0.1) is 34.9 Å². The SMILES string of the molecule is Cc1cc(F)ccc1S(=O)(=O)[C@H]1CS(=O)(=O)C[C@@H]1NCC(c1ccccc1)N1CCOCC1. The van der Waals surface area contributed by atoms with Crippen molar-refractivity contribution >= 4 is 19.7 Å². The number of sulfone groups is 2. The minimum Gasteiger partial charge on any atom is -0.379 e. The van der Waals surface area contributed by atoms with Gasteiger partial charge in [-0.05, 0) is 36.2 Å². The van der Waals surface area contributed by atoms with Crippen LogP contribution in [0.4, 0.5) is 4.39 Å². The van der Waals surface area contributed by atoms with Crippen molar-refractivity contribution < 1.29 is 26.0 Å². The summed E-state index contributed by atoms with van der Waals surface area (Å²) >= 11 is 0. The second kappa shape index (κ2) is 9.79. The van der Waals surface area contributed by atoms with Crippen LogP contribution in [-0.4, -0.2) is 77.4 Å². The highest BCUT2D eigenvalue weighted by Gasteiger charge is 2.46. The standard InChI is InChI=1S/C23H29FN2O5S2/c1-17-13-19(24)7-8-22(17)33(29,30)23-16-32(27,28)15-20(23)25-14-21(18-5-3-2-4-6-18)26-9-11-31-12-10-26/h2-8,13,20-21,23,25H,9-12,14-16H2,1H3/t20-,21?,23-/m0/s1. The molecule has 2 fully saturated rings. The van der Waals surface area contributed by atoms with Crippen LogP contribution in [0, 0.1) is 12.7 Å². The fourth-order valence-corrected chi connectivity index (χ4v) is 9.64. The predicted octanol–water partition coefficient (Wildman–Crippen LogP) is 1.74. The second-order valence-corrected chi connectivity index (χ2v) is 12.9. The van der Waals surface area contributed by atoms with Crippen LogP contribution in [0.5, 0.6) is 0 Å². The first-order valence-corrected chi connectivity index (χ1v) is 14.3. The van der Waals surface area contributed by atoms with E-state index in [1.807, 2.05) is 30.3 Å². The van der Waals surface area contributed by atoms with E-state index in [0.29, 0.717) is 19.8 Å². The van der Waals surface area contributed by atoms with Gasteiger partial charge in [-0.25, -0.2) is 21.2 Å². The summed E-state index contributed by atoms with van der Waals surface area (Å²) in [6.45, 7) is 4.62. The highest BCUT2D eigenvalue weighted by atomic mass is 32.2. The summed E-state index contributed by atoms with van der Waals surface area (Å²) in [6.07, 6.45) is 0. The normalized spacial score (nSPS) is 24.5. The first kappa shape index (κ1) is 24.3. The largest absolute Gasteiger partial charge is 0.379 e. The van der Waals surface area contributed by atoms with E-state index in [0.717, 1.165) is 30.8 Å². The van der Waals surface area contributed by atoms with Crippen molar-refractivity contribution in [3.63, 3.8) is 0 Å². The lowest BCUT2D eigenvalue weighted by Crippen LogP contribution is -2.48. The minimum absolute atomic E-state index is 0.0226. The minimum atomic E-state index is -3.99. The number of hydrogen-bond acceptors (Lipinski definition) is 7. The van der Waals surface area contributed by atoms with Gasteiger partial charge in [0.15, 0.2) is 19.7 Å². The number of nitrogens with zero attached hydrogens (tertiary/aromatic N) is 1. The molecule has 7 nitrogen and oxygen atoms in total. The van der Waals surface area contributed by atoms with Crippen molar-refractivity contribution in [3.8, 4) is 0 Å². The Morgan fingerprint density at radius 1 is 1.12 bits per heavy atom. The van der Waals surface area contributed by atoms with Crippen LogP contribution in [0.1, 0.15) is 17.2 Å². The molecule has 0 aliphatic carbocycles. The monoisotopic (exact) mass is 496 g/mol. The van der Waals surface area contributed by atoms with Gasteiger partial charge in [-0.1, -0.05) is 30.3 Å². The van der Waals surface area contributed by atoms with Crippen molar-refractivity contribution in [2.75, 3.05) is 44.4 Å². The summed E-state index contributed by atoms with van der Waals surface area (Å²) < 4.78 is 70.9. The number of halogens is 1. The van der Waals surface area contributed by atoms with Gasteiger partial charge >= 0.3 is 0 Å². The lowest BCUT2D eigenvalue weighted by Gasteiger charge is -2.36. The fraction of sp³-hybridized carbons (Fsp3) is 0.478. The van der Waals surface area contributed by atoms with Crippen molar-refractivity contribution in [2.45, 2.75) is 29.2 Å². The molecule has 10 heteroatoms. The first-order chi connectivity index (χ1) is 15.7. The van der Waals surface area contributed by atoms with Gasteiger partial charge in [0, 0.05) is 31.7 Å². The van der Waals surface area contributed by atoms with Gasteiger partial charge in [-0.15, -0.1) is 0 Å². The van der Waals surface area contributed by atoms with Crippen molar-refractivity contribution in [3.05, 3.63) is 65.5 Å². The first-order valence-electron chi connectivity index (χ1n) is 11.0. The maximum atomic E-state index is 13.5. The van der Waals surface area contributed by atoms with Crippen LogP contribution >= 0.6 is 0 Å². The topological polar surface area (TPSA) is 92.8 Å². The van der Waals surface area contributed by atoms with Crippen molar-refractivity contribution in [1.29, 1.82) is 0 Å². The lowest BCUT2D eigenvalue weighted by atomic mass is 10.0. The van der Waals surface area contributed by atoms with E-state index in [4.69, 9.17) is 4.74 Å². The second-order valence-electron chi connectivity index (χ2n) is 8.66. The molecule has 0 bridgehead atoms. The maximum Gasteiger partial charge on any atom is 0.184 e. The molecule has 2 aromatic carbocycles. The number of nitrogens with one attached hydrogen (secondary N) is 1. The summed E-state index contributed by atoms with van der Waals surface area (Å²) in [5.74, 6) is -1.23. The Balaban J connectivity index is 1.59. The summed E-state index contributed by atoms with van der Waals surface area (Å²) in [6, 6.07) is 12.5. The molecule has 3 atom stereocenters. The highest BCUT2D eigenvalue weighted by molar-refractivity contribution is 7.96. The third kappa shape index (κ3) is 5.46. The molecule has 2 aliphatic heterocycles. The highest BCUT2D eigenvalue weighted by Crippen LogP contribution is 2.29. The van der Waals surface area contributed by atoms with Gasteiger partial charge in [0.25, 0.3) is 0 Å². The van der Waals surface area contributed by atoms with Gasteiger partial charge in [0.1, 0.15) is 5.82 Å². The number of benzene rings is 2. The molecule has 1 N–H and O–H groups in total. The smallest absolute Gasteiger partial charge is 0.184 e. The average Bonchev–Trinajstić information content (AvgIpc) is 3.10. The van der Waals surface area contributed by atoms with E-state index in [-0.39, 0.29) is 22.3 Å². The molecule has 0 saturated carbocycles. The van der Waals surface area contributed by atoms with Crippen LogP contribution in [-0.2, 0) is 24.4 Å². The van der Waals surface area contributed by atoms with Crippen LogP contribution in [0.15, 0.2) is 53.4 Å². The Morgan fingerprint density at radius 2 is 1.82 bits per heavy atom. The Bertz CT molecular complexity index is 1180. The zero-order chi connectivity index (χ0) is 23.6. The molecule has 0 aromatic heterocycles. The predicted molar refractivity (Wildman–Crippen MR) is 124 cm³/mol. The van der Waals surface area contributed by atoms with E-state index in [1.54, 1.807) is 0 Å². The van der Waals surface area contributed by atoms with Crippen molar-refractivity contribution in [2.24, 2.45) is 0 Å². The molecule has 180 valence electrons. The van der Waals surface area contributed by atoms with Crippen LogP contribution in [0.3, 0.4) is 0 Å². The molecular weight excluding hydrogens is 467 g/mol. The Kier molecular flexibility index (Phi) is 7.20. The molecule has 0 spiro atoms. The maximum absolute atomic E-state index is 13.5. The number of morpholine rings is 1. The lowest BCUT2D eigenvalue weighted by molar-refractivity contribution is 0.0158. The van der Waals surface area contributed by atoms with E-state index >= 15 is 0 Å². The zero-order valence-electron chi connectivity index (χ0n) is 18.5. The Labute approximate surface area is 194 Å². The van der Waals surface area contributed by atoms with Gasteiger partial charge in [-0.3, -0.25) is 4.90 Å². The molecule has 2 aliphatic rings. The third-order valence-corrected chi connectivity index (χ3v) is 10.7. The Hall–Kier alpha value is -1.85. The van der Waals surface area contributed by atoms with Crippen molar-refractivity contribution in [1.82, 2.24) is 10.2 Å². The average molecular weight is 497 g/mol. The number of hydrogen-bond donors (Lipinski definition) is 1. The summed E-state index contributed by atoms with van der Waals surface area (Å²) in [4.78, 5) is 2.24. The fourth-order valence-electron chi connectivity index (χ4n) is 4.69. The molecule has 2 heterocycles. The third-order valence-electron chi connectivity index (χ3n) is 6.39. The molecule has 1 unspecified atom stereocenters. The van der Waals surface area contributed by atoms with Gasteiger partial charge in [-0.2, -0.15) is 0 Å². The molecule has 2 saturated heterocycles. The summed E-state index contributed by atoms with van der Waals surface area (Å²) in [7, 11) is -7.53. The number of rotatable bonds is 7. The van der Waals surface area contributed by atoms with Gasteiger partial charge < -0.3 is 10.1 Å². The summed E-state index contributed by atoms with van der Waals surface area (Å²) in [5, 5.41) is 2.14. The molecule has 4 rings (SSSR count). The van der Waals surface area contributed by atoms with E-state index in [9.17, 15) is 21.2 Å². The van der Waals surface area contributed by atoms with Crippen LogP contribution in [0.2, 0.25) is 0 Å². The van der Waals surface area contributed by atoms with E-state index in [1.165, 1.54) is 13.0 Å². The Morgan fingerprint density at radius 3 is 2.48 bits per heavy atom. The summed E-state index contributed by atoms with van der Waals surface area (Å²) in [5.41, 5.74) is 1.34. The number of ether oxygens (including phenoxy) is 1. The molecule has 0 amide bonds. The molecular formula is C23H29FN2O5S2. The quantitative estimate of drug-likeness (QED) is 0.584. The van der Waals surface area contributed by atoms with E-state index < -0.39 is 42.5 Å². The molecule has 33 heavy (non-hydrogen) atoms. The van der Waals surface area contributed by atoms with Crippen LogP contribution in [0.25, 0.3) is 0 Å². The van der Waals surface area contributed by atoms with Crippen LogP contribution < -0.4 is 5.32 Å².